The highest BCUT2D eigenvalue weighted by Crippen LogP contribution is 2.70. The van der Waals surface area contributed by atoms with Gasteiger partial charge in [-0.2, -0.15) is 0 Å². The third-order valence-corrected chi connectivity index (χ3v) is 20.5. The third-order valence-electron chi connectivity index (χ3n) is 15.5. The van der Waals surface area contributed by atoms with Crippen LogP contribution in [-0.2, 0) is 28.2 Å². The highest BCUT2D eigenvalue weighted by atomic mass is 28.4. The average Bonchev–Trinajstić information content (AvgIpc) is 3.64. The first-order valence-corrected chi connectivity index (χ1v) is 23.1. The maximum absolute atomic E-state index is 13.0. The molecule has 0 amide bonds. The molecule has 0 radical (unpaired) electrons. The minimum absolute atomic E-state index is 0.00219. The van der Waals surface area contributed by atoms with E-state index in [4.69, 9.17) is 18.6 Å². The summed E-state index contributed by atoms with van der Waals surface area (Å²) in [7, 11) is -3.11. The number of fused-ring (bicyclic) bond motifs is 7. The van der Waals surface area contributed by atoms with Crippen LogP contribution in [-0.4, -0.2) is 67.1 Å². The van der Waals surface area contributed by atoms with Gasteiger partial charge in [0.25, 0.3) is 8.32 Å². The molecule has 2 aromatic carbocycles. The van der Waals surface area contributed by atoms with Gasteiger partial charge in [-0.1, -0.05) is 95.3 Å². The Kier molecular flexibility index (Phi) is 11.0. The Labute approximate surface area is 335 Å². The van der Waals surface area contributed by atoms with Gasteiger partial charge >= 0.3 is 11.9 Å². The van der Waals surface area contributed by atoms with Crippen LogP contribution in [0.1, 0.15) is 114 Å². The van der Waals surface area contributed by atoms with Crippen molar-refractivity contribution in [2.24, 2.45) is 40.4 Å². The number of ether oxygens (including phenoxy) is 3. The van der Waals surface area contributed by atoms with Crippen molar-refractivity contribution in [3.63, 3.8) is 0 Å². The summed E-state index contributed by atoms with van der Waals surface area (Å²) in [4.78, 5) is 24.9. The molecule has 8 nitrogen and oxygen atoms in total. The fraction of sp³-hybridized carbons (Fsp3) is 0.660. The van der Waals surface area contributed by atoms with E-state index < -0.39 is 26.6 Å². The van der Waals surface area contributed by atoms with Crippen LogP contribution in [0.3, 0.4) is 0 Å². The molecule has 0 saturated heterocycles. The predicted molar refractivity (Wildman–Crippen MR) is 219 cm³/mol. The standard InChI is InChI=1S/C47H66O8Si/c1-29-42-39(25-38-36-21-20-32-24-33(52-30(2)49)22-23-46(32,8)37(36)26-41(47(38,42)9)53-31(3)50)54-43(29)40(27-45(7,51)28-48)55-56(44(4,5)6,34-16-12-10-13-17-34)35-18-14-11-15-19-35/h10-19,32-33,36-42,48,51H,20-28H2,1-9H3/t32-,33-,36+,37-,38-,39-,40+,41+,42-,45+,46-,47+/m0/s1. The molecule has 7 rings (SSSR count). The zero-order valence-electron chi connectivity index (χ0n) is 35.2. The summed E-state index contributed by atoms with van der Waals surface area (Å²) in [5.41, 5.74) is -0.590. The Balaban J connectivity index is 1.29. The molecular weight excluding hydrogens is 721 g/mol. The van der Waals surface area contributed by atoms with Crippen LogP contribution < -0.4 is 10.4 Å². The van der Waals surface area contributed by atoms with E-state index in [1.807, 2.05) is 12.1 Å². The number of carbonyl (C=O) groups is 2. The zero-order chi connectivity index (χ0) is 40.4. The second-order valence-electron chi connectivity index (χ2n) is 19.9. The fourth-order valence-electron chi connectivity index (χ4n) is 13.0. The lowest BCUT2D eigenvalue weighted by atomic mass is 9.44. The molecule has 4 saturated carbocycles. The normalized spacial score (nSPS) is 35.6. The van der Waals surface area contributed by atoms with Crippen molar-refractivity contribution in [3.8, 4) is 0 Å². The first kappa shape index (κ1) is 41.2. The highest BCUT2D eigenvalue weighted by molar-refractivity contribution is 6.99. The first-order valence-electron chi connectivity index (χ1n) is 21.2. The molecule has 1 heterocycles. The van der Waals surface area contributed by atoms with Crippen LogP contribution in [0.4, 0.5) is 0 Å². The van der Waals surface area contributed by atoms with Crippen molar-refractivity contribution in [3.05, 3.63) is 72.0 Å². The third kappa shape index (κ3) is 6.90. The quantitative estimate of drug-likeness (QED) is 0.189. The summed E-state index contributed by atoms with van der Waals surface area (Å²) in [5, 5.41) is 24.0. The SMILES string of the molecule is CC(=O)O[C@H]1CC[C@@]2(C)[C@@H](CC[C@@H]3[C@@H]2C[C@@H](OC(C)=O)[C@@]2(C)[C@H]3C[C@@H]3OC([C@@H](C[C@@](C)(O)CO)O[Si](c4ccccc4)(c4ccccc4)C(C)(C)C)=C(C)[C@@H]32)C1. The summed E-state index contributed by atoms with van der Waals surface area (Å²) >= 11 is 0. The Bertz CT molecular complexity index is 1750. The minimum atomic E-state index is -3.11. The average molecular weight is 787 g/mol. The Morgan fingerprint density at radius 2 is 1.48 bits per heavy atom. The lowest BCUT2D eigenvalue weighted by Gasteiger charge is -2.62. The van der Waals surface area contributed by atoms with Crippen molar-refractivity contribution in [2.45, 2.75) is 149 Å². The smallest absolute Gasteiger partial charge is 0.302 e. The largest absolute Gasteiger partial charge is 0.491 e. The van der Waals surface area contributed by atoms with Crippen molar-refractivity contribution in [2.75, 3.05) is 6.61 Å². The summed E-state index contributed by atoms with van der Waals surface area (Å²) in [6.07, 6.45) is 5.79. The molecule has 0 unspecified atom stereocenters. The lowest BCUT2D eigenvalue weighted by molar-refractivity contribution is -0.193. The highest BCUT2D eigenvalue weighted by Gasteiger charge is 2.69. The molecule has 0 spiro atoms. The molecule has 5 aliphatic rings. The first-order chi connectivity index (χ1) is 26.4. The van der Waals surface area contributed by atoms with Gasteiger partial charge in [-0.05, 0) is 109 Å². The number of carbonyl (C=O) groups excluding carboxylic acids is 2. The van der Waals surface area contributed by atoms with Crippen LogP contribution in [0.5, 0.6) is 0 Å². The molecule has 12 atom stereocenters. The molecular formula is C47H66O8Si. The van der Waals surface area contributed by atoms with Crippen molar-refractivity contribution in [1.82, 2.24) is 0 Å². The predicted octanol–water partition coefficient (Wildman–Crippen LogP) is 7.48. The molecule has 2 N–H and O–H groups in total. The van der Waals surface area contributed by atoms with Gasteiger partial charge in [0.15, 0.2) is 0 Å². The van der Waals surface area contributed by atoms with Gasteiger partial charge in [-0.3, -0.25) is 9.59 Å². The second kappa shape index (κ2) is 15.0. The van der Waals surface area contributed by atoms with E-state index >= 15 is 0 Å². The van der Waals surface area contributed by atoms with E-state index in [1.54, 1.807) is 6.92 Å². The van der Waals surface area contributed by atoms with Crippen LogP contribution in [0, 0.1) is 40.4 Å². The van der Waals surface area contributed by atoms with Crippen LogP contribution in [0.2, 0.25) is 5.04 Å². The van der Waals surface area contributed by atoms with E-state index in [0.29, 0.717) is 23.7 Å². The summed E-state index contributed by atoms with van der Waals surface area (Å²) in [6.45, 7) is 18.0. The molecule has 4 fully saturated rings. The van der Waals surface area contributed by atoms with Crippen LogP contribution in [0.25, 0.3) is 0 Å². The van der Waals surface area contributed by atoms with Crippen molar-refractivity contribution < 1.29 is 38.4 Å². The zero-order valence-corrected chi connectivity index (χ0v) is 36.2. The number of hydrogen-bond donors (Lipinski definition) is 2. The summed E-state index contributed by atoms with van der Waals surface area (Å²) in [6, 6.07) is 21.0. The molecule has 56 heavy (non-hydrogen) atoms. The Hall–Kier alpha value is -2.98. The minimum Gasteiger partial charge on any atom is -0.491 e. The van der Waals surface area contributed by atoms with E-state index in [0.717, 1.165) is 66.7 Å². The van der Waals surface area contributed by atoms with Crippen molar-refractivity contribution in [1.29, 1.82) is 0 Å². The molecule has 2 aromatic rings. The lowest BCUT2D eigenvalue weighted by Crippen LogP contribution is -2.68. The summed E-state index contributed by atoms with van der Waals surface area (Å²) < 4.78 is 27.2. The number of rotatable bonds is 10. The van der Waals surface area contributed by atoms with E-state index in [1.165, 1.54) is 13.8 Å². The van der Waals surface area contributed by atoms with Gasteiger partial charge in [-0.25, -0.2) is 0 Å². The van der Waals surface area contributed by atoms with E-state index in [9.17, 15) is 19.8 Å². The van der Waals surface area contributed by atoms with Gasteiger partial charge in [0.2, 0.25) is 0 Å². The molecule has 306 valence electrons. The summed E-state index contributed by atoms with van der Waals surface area (Å²) in [5.74, 6) is 1.95. The van der Waals surface area contributed by atoms with Gasteiger partial charge < -0.3 is 28.8 Å². The number of benzene rings is 2. The van der Waals surface area contributed by atoms with Gasteiger partial charge in [0, 0.05) is 31.6 Å². The maximum Gasteiger partial charge on any atom is 0.302 e. The van der Waals surface area contributed by atoms with Gasteiger partial charge in [0.1, 0.15) is 30.2 Å². The number of hydrogen-bond acceptors (Lipinski definition) is 8. The molecule has 0 bridgehead atoms. The number of esters is 2. The van der Waals surface area contributed by atoms with Crippen molar-refractivity contribution >= 4 is 30.6 Å². The fourth-order valence-corrected chi connectivity index (χ4v) is 17.7. The van der Waals surface area contributed by atoms with Gasteiger partial charge in [-0.15, -0.1) is 0 Å². The van der Waals surface area contributed by atoms with Gasteiger partial charge in [0.05, 0.1) is 12.2 Å². The molecule has 4 aliphatic carbocycles. The second-order valence-corrected chi connectivity index (χ2v) is 24.2. The van der Waals surface area contributed by atoms with E-state index in [2.05, 4.69) is 90.1 Å². The molecule has 1 aliphatic heterocycles. The van der Waals surface area contributed by atoms with E-state index in [-0.39, 0.29) is 58.5 Å². The monoisotopic (exact) mass is 786 g/mol. The Morgan fingerprint density at radius 3 is 2.04 bits per heavy atom. The van der Waals surface area contributed by atoms with Crippen LogP contribution in [0.15, 0.2) is 72.0 Å². The number of aliphatic hydroxyl groups excluding tert-OH is 1. The topological polar surface area (TPSA) is 112 Å². The van der Waals surface area contributed by atoms with Crippen LogP contribution >= 0.6 is 0 Å². The number of aliphatic hydroxyl groups is 2. The molecule has 0 aromatic heterocycles. The maximum atomic E-state index is 13.0. The Morgan fingerprint density at radius 1 is 0.875 bits per heavy atom. The molecule has 9 heteroatoms.